The van der Waals surface area contributed by atoms with E-state index >= 15 is 0 Å². The zero-order chi connectivity index (χ0) is 32.1. The molecule has 0 aliphatic carbocycles. The van der Waals surface area contributed by atoms with Gasteiger partial charge in [0.2, 0.25) is 0 Å². The third kappa shape index (κ3) is 4.20. The minimum absolute atomic E-state index is 0.0586. The lowest BCUT2D eigenvalue weighted by molar-refractivity contribution is 0.590. The van der Waals surface area contributed by atoms with Gasteiger partial charge in [0, 0.05) is 10.8 Å². The van der Waals surface area contributed by atoms with Crippen molar-refractivity contribution in [3.63, 3.8) is 0 Å². The predicted molar refractivity (Wildman–Crippen MR) is 196 cm³/mol. The molecular weight excluding hydrogens is 544 g/mol. The molecular formula is C44H44O. The zero-order valence-electron chi connectivity index (χ0n) is 28.8. The summed E-state index contributed by atoms with van der Waals surface area (Å²) in [5.41, 5.74) is 19.5. The smallest absolute Gasteiger partial charge is 0.135 e. The molecule has 7 rings (SSSR count). The Kier molecular flexibility index (Phi) is 6.57. The molecule has 0 N–H and O–H groups in total. The van der Waals surface area contributed by atoms with E-state index in [0.29, 0.717) is 0 Å². The van der Waals surface area contributed by atoms with Crippen LogP contribution in [0.25, 0.3) is 65.7 Å². The highest BCUT2D eigenvalue weighted by Gasteiger charge is 2.26. The Bertz CT molecular complexity index is 2270. The van der Waals surface area contributed by atoms with Crippen LogP contribution in [0, 0.1) is 55.4 Å². The first-order chi connectivity index (χ1) is 21.3. The Morgan fingerprint density at radius 1 is 0.422 bits per heavy atom. The number of aryl methyl sites for hydroxylation is 4. The van der Waals surface area contributed by atoms with Gasteiger partial charge >= 0.3 is 0 Å². The average Bonchev–Trinajstić information content (AvgIpc) is 3.40. The molecule has 0 saturated carbocycles. The van der Waals surface area contributed by atoms with Crippen LogP contribution in [0.1, 0.15) is 70.8 Å². The molecule has 0 saturated heterocycles. The van der Waals surface area contributed by atoms with E-state index in [0.717, 1.165) is 11.2 Å². The highest BCUT2D eigenvalue weighted by molar-refractivity contribution is 6.25. The van der Waals surface area contributed by atoms with Crippen LogP contribution in [0.3, 0.4) is 0 Å². The molecule has 0 radical (unpaired) electrons. The standard InChI is InChI=1S/C44H44O/c1-23-25(3)29(7)40-38(27(23)5)42(31-15-13-12-14-16-31)39-28(6)24(2)26(4)30(8)41(39)43(40)32-17-19-36-34(21-32)35-22-33(44(9,10)11)18-20-37(35)45-36/h12-22H,1-11H3. The average molecular weight is 589 g/mol. The van der Waals surface area contributed by atoms with Crippen molar-refractivity contribution in [2.45, 2.75) is 81.6 Å². The minimum atomic E-state index is 0.0586. The predicted octanol–water partition coefficient (Wildman–Crippen LogP) is 13.0. The second kappa shape index (κ2) is 10.1. The van der Waals surface area contributed by atoms with Gasteiger partial charge in [-0.1, -0.05) is 63.2 Å². The molecule has 0 atom stereocenters. The molecule has 1 aromatic heterocycles. The van der Waals surface area contributed by atoms with Crippen LogP contribution in [0.2, 0.25) is 0 Å². The Hall–Kier alpha value is -4.36. The van der Waals surface area contributed by atoms with E-state index in [1.54, 1.807) is 0 Å². The molecule has 0 fully saturated rings. The van der Waals surface area contributed by atoms with Crippen molar-refractivity contribution >= 4 is 43.5 Å². The molecule has 45 heavy (non-hydrogen) atoms. The third-order valence-electron chi connectivity index (χ3n) is 11.1. The first kappa shape index (κ1) is 29.4. The number of hydrogen-bond donors (Lipinski definition) is 0. The first-order valence-electron chi connectivity index (χ1n) is 16.3. The van der Waals surface area contributed by atoms with Gasteiger partial charge in [0.1, 0.15) is 11.2 Å². The fourth-order valence-electron chi connectivity index (χ4n) is 7.71. The SMILES string of the molecule is Cc1c(C)c(C)c2c(-c3ccc4oc5ccc(C(C)(C)C)cc5c4c3)c3c(C)c(C)c(C)c(C)c3c(-c3ccccc3)c2c1C. The van der Waals surface area contributed by atoms with Crippen LogP contribution in [-0.4, -0.2) is 0 Å². The van der Waals surface area contributed by atoms with E-state index in [-0.39, 0.29) is 5.41 Å². The maximum atomic E-state index is 6.42. The lowest BCUT2D eigenvalue weighted by Gasteiger charge is -2.27. The molecule has 6 aromatic carbocycles. The van der Waals surface area contributed by atoms with E-state index < -0.39 is 0 Å². The van der Waals surface area contributed by atoms with E-state index in [2.05, 4.69) is 143 Å². The molecule has 1 heterocycles. The lowest BCUT2D eigenvalue weighted by atomic mass is 9.76. The fraction of sp³-hybridized carbons (Fsp3) is 0.273. The molecule has 0 bridgehead atoms. The van der Waals surface area contributed by atoms with Crippen molar-refractivity contribution in [2.24, 2.45) is 0 Å². The highest BCUT2D eigenvalue weighted by atomic mass is 16.3. The zero-order valence-corrected chi connectivity index (χ0v) is 28.8. The van der Waals surface area contributed by atoms with E-state index in [4.69, 9.17) is 4.42 Å². The Labute approximate surface area is 267 Å². The molecule has 0 spiro atoms. The van der Waals surface area contributed by atoms with Crippen LogP contribution in [0.15, 0.2) is 71.1 Å². The van der Waals surface area contributed by atoms with Gasteiger partial charge in [0.15, 0.2) is 0 Å². The van der Waals surface area contributed by atoms with Gasteiger partial charge in [-0.2, -0.15) is 0 Å². The summed E-state index contributed by atoms with van der Waals surface area (Å²) in [6.07, 6.45) is 0. The van der Waals surface area contributed by atoms with Gasteiger partial charge in [-0.15, -0.1) is 0 Å². The maximum Gasteiger partial charge on any atom is 0.135 e. The number of furan rings is 1. The minimum Gasteiger partial charge on any atom is -0.456 e. The van der Waals surface area contributed by atoms with Gasteiger partial charge in [-0.25, -0.2) is 0 Å². The fourth-order valence-corrected chi connectivity index (χ4v) is 7.71. The summed E-state index contributed by atoms with van der Waals surface area (Å²) in [6.45, 7) is 25.3. The summed E-state index contributed by atoms with van der Waals surface area (Å²) in [6, 6.07) is 24.6. The first-order valence-corrected chi connectivity index (χ1v) is 16.3. The van der Waals surface area contributed by atoms with Crippen LogP contribution >= 0.6 is 0 Å². The van der Waals surface area contributed by atoms with Gasteiger partial charge in [-0.3, -0.25) is 0 Å². The second-order valence-electron chi connectivity index (χ2n) is 14.4. The monoisotopic (exact) mass is 588 g/mol. The molecule has 226 valence electrons. The summed E-state index contributed by atoms with van der Waals surface area (Å²) >= 11 is 0. The summed E-state index contributed by atoms with van der Waals surface area (Å²) < 4.78 is 6.42. The summed E-state index contributed by atoms with van der Waals surface area (Å²) in [5, 5.41) is 7.86. The van der Waals surface area contributed by atoms with Crippen molar-refractivity contribution in [3.8, 4) is 22.3 Å². The van der Waals surface area contributed by atoms with E-state index in [1.807, 2.05) is 0 Å². The van der Waals surface area contributed by atoms with Crippen molar-refractivity contribution in [2.75, 3.05) is 0 Å². The second-order valence-corrected chi connectivity index (χ2v) is 14.4. The van der Waals surface area contributed by atoms with E-state index in [1.165, 1.54) is 105 Å². The summed E-state index contributed by atoms with van der Waals surface area (Å²) in [4.78, 5) is 0. The van der Waals surface area contributed by atoms with Gasteiger partial charge < -0.3 is 4.42 Å². The van der Waals surface area contributed by atoms with Crippen molar-refractivity contribution in [1.82, 2.24) is 0 Å². The van der Waals surface area contributed by atoms with Gasteiger partial charge in [0.05, 0.1) is 0 Å². The summed E-state index contributed by atoms with van der Waals surface area (Å²) in [7, 11) is 0. The topological polar surface area (TPSA) is 13.1 Å². The quantitative estimate of drug-likeness (QED) is 0.183. The third-order valence-corrected chi connectivity index (χ3v) is 11.1. The molecule has 7 aromatic rings. The number of fused-ring (bicyclic) bond motifs is 5. The van der Waals surface area contributed by atoms with Gasteiger partial charge in [-0.05, 0) is 179 Å². The maximum absolute atomic E-state index is 6.42. The van der Waals surface area contributed by atoms with Crippen LogP contribution in [0.5, 0.6) is 0 Å². The molecule has 1 nitrogen and oxygen atoms in total. The molecule has 0 unspecified atom stereocenters. The molecule has 1 heteroatoms. The van der Waals surface area contributed by atoms with Crippen LogP contribution in [-0.2, 0) is 5.41 Å². The normalized spacial score (nSPS) is 12.3. The Morgan fingerprint density at radius 2 is 0.844 bits per heavy atom. The van der Waals surface area contributed by atoms with Crippen LogP contribution in [0.4, 0.5) is 0 Å². The van der Waals surface area contributed by atoms with Crippen molar-refractivity contribution < 1.29 is 4.42 Å². The molecule has 0 aliphatic rings. The Morgan fingerprint density at radius 3 is 1.31 bits per heavy atom. The Balaban J connectivity index is 1.75. The molecule has 0 amide bonds. The van der Waals surface area contributed by atoms with Crippen LogP contribution < -0.4 is 0 Å². The van der Waals surface area contributed by atoms with Crippen molar-refractivity contribution in [3.05, 3.63) is 117 Å². The van der Waals surface area contributed by atoms with Crippen molar-refractivity contribution in [1.29, 1.82) is 0 Å². The summed E-state index contributed by atoms with van der Waals surface area (Å²) in [5.74, 6) is 0. The highest BCUT2D eigenvalue weighted by Crippen LogP contribution is 2.51. The van der Waals surface area contributed by atoms with Gasteiger partial charge in [0.25, 0.3) is 0 Å². The number of benzene rings is 6. The van der Waals surface area contributed by atoms with E-state index in [9.17, 15) is 0 Å². The number of rotatable bonds is 2. The largest absolute Gasteiger partial charge is 0.456 e. The number of hydrogen-bond acceptors (Lipinski definition) is 1. The lowest BCUT2D eigenvalue weighted by Crippen LogP contribution is -2.10. The molecule has 0 aliphatic heterocycles.